The highest BCUT2D eigenvalue weighted by Gasteiger charge is 2.14. The van der Waals surface area contributed by atoms with Crippen LogP contribution in [0.2, 0.25) is 5.28 Å². The van der Waals surface area contributed by atoms with Crippen molar-refractivity contribution in [1.82, 2.24) is 15.0 Å². The highest BCUT2D eigenvalue weighted by atomic mass is 35.5. The van der Waals surface area contributed by atoms with Gasteiger partial charge in [-0.05, 0) is 66.6 Å². The van der Waals surface area contributed by atoms with Crippen LogP contribution < -0.4 is 10.6 Å². The lowest BCUT2D eigenvalue weighted by Crippen LogP contribution is -2.05. The van der Waals surface area contributed by atoms with Gasteiger partial charge in [0.15, 0.2) is 0 Å². The molecule has 0 bridgehead atoms. The van der Waals surface area contributed by atoms with Crippen LogP contribution in [0.1, 0.15) is 5.56 Å². The average Bonchev–Trinajstić information content (AvgIpc) is 2.66. The third kappa shape index (κ3) is 5.99. The maximum absolute atomic E-state index is 11.3. The predicted molar refractivity (Wildman–Crippen MR) is 109 cm³/mol. The van der Waals surface area contributed by atoms with Gasteiger partial charge in [-0.15, -0.1) is 4.33 Å². The molecule has 0 aliphatic carbocycles. The minimum Gasteiger partial charge on any atom is -0.324 e. The second-order valence-corrected chi connectivity index (χ2v) is 8.21. The van der Waals surface area contributed by atoms with Crippen LogP contribution in [0, 0.1) is 6.92 Å². The molecule has 158 valence electrons. The quantitative estimate of drug-likeness (QED) is 0.162. The highest BCUT2D eigenvalue weighted by Crippen LogP contribution is 2.24. The number of anilines is 4. The topological polar surface area (TPSA) is 156 Å². The molecule has 3 rings (SSSR count). The fraction of sp³-hybridized carbons (Fsp3) is 0.0625. The van der Waals surface area contributed by atoms with Crippen LogP contribution in [0.3, 0.4) is 0 Å². The lowest BCUT2D eigenvalue weighted by Gasteiger charge is -2.10. The third-order valence-corrected chi connectivity index (χ3v) is 5.36. The van der Waals surface area contributed by atoms with Crippen molar-refractivity contribution in [1.29, 1.82) is 0 Å². The summed E-state index contributed by atoms with van der Waals surface area (Å²) in [4.78, 5) is 12.7. The molecule has 0 unspecified atom stereocenters. The number of aromatic nitrogens is 3. The maximum atomic E-state index is 11.3. The fourth-order valence-electron chi connectivity index (χ4n) is 2.38. The van der Waals surface area contributed by atoms with Crippen LogP contribution in [0.4, 0.5) is 23.3 Å². The van der Waals surface area contributed by atoms with Gasteiger partial charge in [0, 0.05) is 16.3 Å². The van der Waals surface area contributed by atoms with Crippen LogP contribution in [0.25, 0.3) is 0 Å². The number of halogens is 1. The van der Waals surface area contributed by atoms with Crippen molar-refractivity contribution in [2.45, 2.75) is 16.7 Å². The minimum absolute atomic E-state index is 0.0676. The van der Waals surface area contributed by atoms with E-state index < -0.39 is 10.1 Å². The number of aryl methyl sites for hydroxylation is 1. The summed E-state index contributed by atoms with van der Waals surface area (Å²) < 4.78 is 36.2. The molecule has 0 radical (unpaired) electrons. The first-order valence-corrected chi connectivity index (χ1v) is 10.6. The van der Waals surface area contributed by atoms with E-state index in [0.29, 0.717) is 21.8 Å². The average molecular weight is 472 g/mol. The Labute approximate surface area is 180 Å². The van der Waals surface area contributed by atoms with E-state index in [-0.39, 0.29) is 22.1 Å². The summed E-state index contributed by atoms with van der Waals surface area (Å²) in [6.07, 6.45) is 0. The van der Waals surface area contributed by atoms with Gasteiger partial charge in [0.05, 0.1) is 16.9 Å². The van der Waals surface area contributed by atoms with Gasteiger partial charge < -0.3 is 10.6 Å². The zero-order chi connectivity index (χ0) is 21.7. The number of benzene rings is 2. The van der Waals surface area contributed by atoms with Gasteiger partial charge in [-0.3, -0.25) is 4.55 Å². The largest absolute Gasteiger partial charge is 0.324 e. The Morgan fingerprint density at radius 3 is 2.17 bits per heavy atom. The van der Waals surface area contributed by atoms with Crippen molar-refractivity contribution >= 4 is 57.0 Å². The summed E-state index contributed by atoms with van der Waals surface area (Å²) >= 11 is 6.79. The van der Waals surface area contributed by atoms with E-state index in [4.69, 9.17) is 16.9 Å². The van der Waals surface area contributed by atoms with Gasteiger partial charge >= 0.3 is 0 Å². The Balaban J connectivity index is 1.76. The van der Waals surface area contributed by atoms with Gasteiger partial charge in [-0.1, -0.05) is 5.04 Å². The van der Waals surface area contributed by atoms with Crippen molar-refractivity contribution in [2.24, 2.45) is 0 Å². The molecule has 3 aromatic rings. The summed E-state index contributed by atoms with van der Waals surface area (Å²) in [7, 11) is -4.31. The Bertz CT molecular complexity index is 1150. The van der Waals surface area contributed by atoms with Crippen molar-refractivity contribution in [2.75, 3.05) is 10.6 Å². The second kappa shape index (κ2) is 9.53. The number of rotatable bonds is 8. The molecule has 1 aromatic heterocycles. The Hall–Kier alpha value is -2.52. The van der Waals surface area contributed by atoms with Crippen LogP contribution >= 0.6 is 23.6 Å². The number of nitrogens with one attached hydrogen (secondary N) is 2. The van der Waals surface area contributed by atoms with E-state index in [1.165, 1.54) is 18.2 Å². The van der Waals surface area contributed by atoms with Crippen LogP contribution in [0.5, 0.6) is 0 Å². The lowest BCUT2D eigenvalue weighted by molar-refractivity contribution is -0.432. The number of nitrogens with zero attached hydrogens (tertiary/aromatic N) is 3. The summed E-state index contributed by atoms with van der Waals surface area (Å²) in [5, 5.41) is 17.5. The van der Waals surface area contributed by atoms with E-state index in [0.717, 1.165) is 12.0 Å². The third-order valence-electron chi connectivity index (χ3n) is 3.59. The van der Waals surface area contributed by atoms with Crippen LogP contribution in [-0.4, -0.2) is 33.2 Å². The smallest absolute Gasteiger partial charge is 0.294 e. The summed E-state index contributed by atoms with van der Waals surface area (Å²) in [5.41, 5.74) is 1.47. The van der Waals surface area contributed by atoms with Gasteiger partial charge in [-0.25, -0.2) is 5.26 Å². The van der Waals surface area contributed by atoms with Gasteiger partial charge in [0.25, 0.3) is 10.1 Å². The first-order chi connectivity index (χ1) is 14.2. The molecule has 4 N–H and O–H groups in total. The van der Waals surface area contributed by atoms with E-state index in [1.54, 1.807) is 31.2 Å². The Kier molecular flexibility index (Phi) is 7.04. The predicted octanol–water partition coefficient (Wildman–Crippen LogP) is 4.00. The molecule has 14 heteroatoms. The molecule has 11 nitrogen and oxygen atoms in total. The molecular formula is C16H14ClN5O6S2. The van der Waals surface area contributed by atoms with Crippen molar-refractivity contribution in [3.8, 4) is 0 Å². The molecule has 1 heterocycles. The fourth-order valence-corrected chi connectivity index (χ4v) is 3.61. The lowest BCUT2D eigenvalue weighted by atomic mass is 10.2. The monoisotopic (exact) mass is 471 g/mol. The van der Waals surface area contributed by atoms with Gasteiger partial charge in [0.2, 0.25) is 17.2 Å². The SMILES string of the molecule is Cc1cc(Nc2nc(Cl)nc(Nc3ccc(SOOO)cc3)n2)ccc1S(=O)(=O)O. The van der Waals surface area contributed by atoms with Crippen LogP contribution in [-0.2, 0) is 19.5 Å². The van der Waals surface area contributed by atoms with Crippen molar-refractivity contribution in [3.05, 3.63) is 53.3 Å². The van der Waals surface area contributed by atoms with Crippen molar-refractivity contribution in [3.63, 3.8) is 0 Å². The minimum atomic E-state index is -4.31. The van der Waals surface area contributed by atoms with E-state index >= 15 is 0 Å². The zero-order valence-corrected chi connectivity index (χ0v) is 17.5. The van der Waals surface area contributed by atoms with E-state index in [9.17, 15) is 13.0 Å². The van der Waals surface area contributed by atoms with Crippen molar-refractivity contribution < 1.29 is 27.6 Å². The first-order valence-electron chi connectivity index (χ1n) is 8.03. The molecule has 0 fully saturated rings. The van der Waals surface area contributed by atoms with E-state index in [2.05, 4.69) is 35.0 Å². The van der Waals surface area contributed by atoms with Gasteiger partial charge in [0.1, 0.15) is 0 Å². The molecule has 0 amide bonds. The Morgan fingerprint density at radius 1 is 1.00 bits per heavy atom. The molecule has 0 atom stereocenters. The van der Waals surface area contributed by atoms with Gasteiger partial charge in [-0.2, -0.15) is 23.4 Å². The summed E-state index contributed by atoms with van der Waals surface area (Å²) in [6.45, 7) is 1.54. The molecule has 0 aliphatic rings. The molecule has 0 saturated heterocycles. The number of hydrogen-bond acceptors (Lipinski definition) is 11. The Morgan fingerprint density at radius 2 is 1.60 bits per heavy atom. The molecule has 2 aromatic carbocycles. The molecule has 0 aliphatic heterocycles. The molecule has 0 spiro atoms. The second-order valence-electron chi connectivity index (χ2n) is 5.71. The molecule has 30 heavy (non-hydrogen) atoms. The number of hydrogen-bond donors (Lipinski definition) is 4. The standard InChI is InChI=1S/C16H14ClN5O6S2/c1-9-8-11(4-7-13(9)30(24,25)26)19-16-21-14(17)20-15(22-16)18-10-2-5-12(6-3-10)29-28-27-23/h2-8,23H,1H3,(H,24,25,26)(H2,18,19,20,21,22). The maximum Gasteiger partial charge on any atom is 0.294 e. The molecular weight excluding hydrogens is 458 g/mol. The normalized spacial score (nSPS) is 11.3. The summed E-state index contributed by atoms with van der Waals surface area (Å²) in [6, 6.07) is 11.1. The first kappa shape index (κ1) is 22.2. The van der Waals surface area contributed by atoms with E-state index in [1.807, 2.05) is 0 Å². The highest BCUT2D eigenvalue weighted by molar-refractivity contribution is 7.94. The molecule has 0 saturated carbocycles. The van der Waals surface area contributed by atoms with Crippen LogP contribution in [0.15, 0.2) is 52.3 Å². The summed E-state index contributed by atoms with van der Waals surface area (Å²) in [5.74, 6) is 0.288. The zero-order valence-electron chi connectivity index (χ0n) is 15.1.